The molecule has 0 spiro atoms. The van der Waals surface area contributed by atoms with Gasteiger partial charge in [0.05, 0.1) is 35.8 Å². The Kier molecular flexibility index (Phi) is 4.50. The number of hydrogen-bond donors (Lipinski definition) is 1. The number of nitriles is 1. The van der Waals surface area contributed by atoms with Gasteiger partial charge in [0.15, 0.2) is 4.47 Å². The lowest BCUT2D eigenvalue weighted by Crippen LogP contribution is -1.99. The zero-order valence-electron chi connectivity index (χ0n) is 13.7. The van der Waals surface area contributed by atoms with Crippen LogP contribution in [0.25, 0.3) is 22.6 Å². The van der Waals surface area contributed by atoms with Crippen molar-refractivity contribution in [1.29, 1.82) is 5.26 Å². The first-order chi connectivity index (χ1) is 13.1. The molecule has 0 saturated carbocycles. The molecule has 2 N–H and O–H groups in total. The van der Waals surface area contributed by atoms with Crippen molar-refractivity contribution in [2.45, 2.75) is 6.54 Å². The second-order valence-corrected chi connectivity index (χ2v) is 7.27. The lowest BCUT2D eigenvalue weighted by molar-refractivity contribution is 0.655. The van der Waals surface area contributed by atoms with Crippen molar-refractivity contribution in [3.05, 3.63) is 57.6 Å². The molecule has 0 amide bonds. The summed E-state index contributed by atoms with van der Waals surface area (Å²) in [5, 5.41) is 17.4. The first kappa shape index (κ1) is 17.1. The summed E-state index contributed by atoms with van der Waals surface area (Å²) >= 11 is 7.24. The standard InChI is InChI=1S/C17H11ClN8S/c18-16-21-7-12(27-16)8-26-9-15(24-25-26)14-5-13(22-17(20)23-14)11-3-1-2-10(4-11)6-19/h1-5,7,9H,8H2,(H2,20,22,23). The van der Waals surface area contributed by atoms with Crippen molar-refractivity contribution >= 4 is 28.9 Å². The molecule has 0 aliphatic carbocycles. The van der Waals surface area contributed by atoms with Gasteiger partial charge in [0.2, 0.25) is 5.95 Å². The number of rotatable bonds is 4. The molecule has 0 aliphatic rings. The fraction of sp³-hybridized carbons (Fsp3) is 0.0588. The molecule has 0 fully saturated rings. The van der Waals surface area contributed by atoms with Crippen molar-refractivity contribution in [3.8, 4) is 28.7 Å². The summed E-state index contributed by atoms with van der Waals surface area (Å²) in [6.45, 7) is 0.509. The maximum atomic E-state index is 9.08. The van der Waals surface area contributed by atoms with Gasteiger partial charge in [0.1, 0.15) is 5.69 Å². The van der Waals surface area contributed by atoms with Gasteiger partial charge in [-0.05, 0) is 18.2 Å². The molecule has 0 atom stereocenters. The first-order valence-corrected chi connectivity index (χ1v) is 8.96. The van der Waals surface area contributed by atoms with Gasteiger partial charge in [0, 0.05) is 16.6 Å². The van der Waals surface area contributed by atoms with Gasteiger partial charge in [0.25, 0.3) is 0 Å². The van der Waals surface area contributed by atoms with E-state index in [9.17, 15) is 0 Å². The summed E-state index contributed by atoms with van der Waals surface area (Å²) in [7, 11) is 0. The van der Waals surface area contributed by atoms with Crippen LogP contribution in [0.2, 0.25) is 4.47 Å². The molecular weight excluding hydrogens is 384 g/mol. The SMILES string of the molecule is N#Cc1cccc(-c2cc(-c3cn(Cc4cnc(Cl)s4)nn3)nc(N)n2)c1. The molecule has 0 saturated heterocycles. The Labute approximate surface area is 162 Å². The predicted octanol–water partition coefficient (Wildman–Crippen LogP) is 3.01. The molecule has 1 aromatic carbocycles. The van der Waals surface area contributed by atoms with Gasteiger partial charge in [-0.25, -0.2) is 19.6 Å². The minimum Gasteiger partial charge on any atom is -0.368 e. The highest BCUT2D eigenvalue weighted by Gasteiger charge is 2.11. The Hall–Kier alpha value is -3.35. The molecule has 0 bridgehead atoms. The number of aromatic nitrogens is 6. The number of thiazole rings is 1. The van der Waals surface area contributed by atoms with Crippen molar-refractivity contribution in [2.75, 3.05) is 5.73 Å². The molecule has 132 valence electrons. The average molecular weight is 395 g/mol. The van der Waals surface area contributed by atoms with Gasteiger partial charge in [-0.3, -0.25) is 0 Å². The second kappa shape index (κ2) is 7.11. The summed E-state index contributed by atoms with van der Waals surface area (Å²) in [4.78, 5) is 13.5. The Morgan fingerprint density at radius 3 is 2.81 bits per heavy atom. The Bertz CT molecular complexity index is 1160. The minimum atomic E-state index is 0.119. The highest BCUT2D eigenvalue weighted by atomic mass is 35.5. The van der Waals surface area contributed by atoms with Crippen LogP contribution in [0, 0.1) is 11.3 Å². The summed E-state index contributed by atoms with van der Waals surface area (Å²) in [6.07, 6.45) is 3.47. The third-order valence-electron chi connectivity index (χ3n) is 3.68. The van der Waals surface area contributed by atoms with E-state index in [1.807, 2.05) is 6.07 Å². The van der Waals surface area contributed by atoms with Crippen LogP contribution in [0.3, 0.4) is 0 Å². The van der Waals surface area contributed by atoms with E-state index in [0.29, 0.717) is 33.7 Å². The van der Waals surface area contributed by atoms with Gasteiger partial charge in [-0.1, -0.05) is 28.9 Å². The van der Waals surface area contributed by atoms with Gasteiger partial charge in [-0.2, -0.15) is 5.26 Å². The van der Waals surface area contributed by atoms with E-state index in [1.165, 1.54) is 11.3 Å². The van der Waals surface area contributed by atoms with Crippen LogP contribution in [0.4, 0.5) is 5.95 Å². The topological polar surface area (TPSA) is 119 Å². The van der Waals surface area contributed by atoms with E-state index in [4.69, 9.17) is 22.6 Å². The average Bonchev–Trinajstić information content (AvgIpc) is 3.30. The molecular formula is C17H11ClN8S. The van der Waals surface area contributed by atoms with E-state index in [-0.39, 0.29) is 5.95 Å². The van der Waals surface area contributed by atoms with Crippen LogP contribution in [0.5, 0.6) is 0 Å². The molecule has 4 aromatic rings. The largest absolute Gasteiger partial charge is 0.368 e. The van der Waals surface area contributed by atoms with Gasteiger partial charge < -0.3 is 5.73 Å². The third-order valence-corrected chi connectivity index (χ3v) is 4.77. The third kappa shape index (κ3) is 3.76. The van der Waals surface area contributed by atoms with Crippen molar-refractivity contribution < 1.29 is 0 Å². The fourth-order valence-electron chi connectivity index (χ4n) is 2.50. The van der Waals surface area contributed by atoms with Crippen LogP contribution in [0.15, 0.2) is 42.7 Å². The summed E-state index contributed by atoms with van der Waals surface area (Å²) in [5.74, 6) is 0.119. The van der Waals surface area contributed by atoms with Crippen molar-refractivity contribution in [1.82, 2.24) is 29.9 Å². The van der Waals surface area contributed by atoms with Gasteiger partial charge in [-0.15, -0.1) is 16.4 Å². The zero-order chi connectivity index (χ0) is 18.8. The fourth-order valence-corrected chi connectivity index (χ4v) is 3.47. The Morgan fingerprint density at radius 1 is 1.19 bits per heavy atom. The minimum absolute atomic E-state index is 0.119. The molecule has 0 aliphatic heterocycles. The molecule has 3 aromatic heterocycles. The Morgan fingerprint density at radius 2 is 2.04 bits per heavy atom. The molecule has 0 unspecified atom stereocenters. The Balaban J connectivity index is 1.66. The summed E-state index contributed by atoms with van der Waals surface area (Å²) in [5.41, 5.74) is 8.92. The predicted molar refractivity (Wildman–Crippen MR) is 102 cm³/mol. The monoisotopic (exact) mass is 394 g/mol. The number of benzene rings is 1. The second-order valence-electron chi connectivity index (χ2n) is 5.57. The molecule has 27 heavy (non-hydrogen) atoms. The van der Waals surface area contributed by atoms with E-state index in [1.54, 1.807) is 41.3 Å². The molecule has 0 radical (unpaired) electrons. The number of nitrogens with zero attached hydrogens (tertiary/aromatic N) is 7. The summed E-state index contributed by atoms with van der Waals surface area (Å²) < 4.78 is 2.16. The molecule has 4 rings (SSSR count). The highest BCUT2D eigenvalue weighted by molar-refractivity contribution is 7.15. The van der Waals surface area contributed by atoms with E-state index < -0.39 is 0 Å². The van der Waals surface area contributed by atoms with Crippen LogP contribution in [-0.4, -0.2) is 29.9 Å². The van der Waals surface area contributed by atoms with Crippen LogP contribution < -0.4 is 5.73 Å². The van der Waals surface area contributed by atoms with Crippen molar-refractivity contribution in [3.63, 3.8) is 0 Å². The van der Waals surface area contributed by atoms with E-state index >= 15 is 0 Å². The van der Waals surface area contributed by atoms with Crippen molar-refractivity contribution in [2.24, 2.45) is 0 Å². The molecule has 3 heterocycles. The lowest BCUT2D eigenvalue weighted by atomic mass is 10.1. The number of nitrogens with two attached hydrogens (primary N) is 1. The lowest BCUT2D eigenvalue weighted by Gasteiger charge is -2.04. The smallest absolute Gasteiger partial charge is 0.221 e. The van der Waals surface area contributed by atoms with Crippen LogP contribution in [-0.2, 0) is 6.54 Å². The summed E-state index contributed by atoms with van der Waals surface area (Å²) in [6, 6.07) is 11.0. The molecule has 8 nitrogen and oxygen atoms in total. The van der Waals surface area contributed by atoms with E-state index in [0.717, 1.165) is 10.4 Å². The van der Waals surface area contributed by atoms with Crippen LogP contribution in [0.1, 0.15) is 10.4 Å². The van der Waals surface area contributed by atoms with E-state index in [2.05, 4.69) is 31.3 Å². The van der Waals surface area contributed by atoms with Gasteiger partial charge >= 0.3 is 0 Å². The van der Waals surface area contributed by atoms with Crippen LogP contribution >= 0.6 is 22.9 Å². The normalized spacial score (nSPS) is 10.7. The zero-order valence-corrected chi connectivity index (χ0v) is 15.3. The highest BCUT2D eigenvalue weighted by Crippen LogP contribution is 2.24. The molecule has 10 heteroatoms. The quantitative estimate of drug-likeness (QED) is 0.564. The number of hydrogen-bond acceptors (Lipinski definition) is 8. The number of anilines is 1. The first-order valence-electron chi connectivity index (χ1n) is 7.76. The maximum Gasteiger partial charge on any atom is 0.221 e. The number of halogens is 1. The maximum absolute atomic E-state index is 9.08. The number of nitrogen functional groups attached to an aromatic ring is 1.